The first-order valence-electron chi connectivity index (χ1n) is 7.04. The fraction of sp³-hybridized carbons (Fsp3) is 0.714. The molecule has 2 N–H and O–H groups in total. The molecule has 6 nitrogen and oxygen atoms in total. The van der Waals surface area contributed by atoms with E-state index in [0.29, 0.717) is 25.3 Å². The Bertz CT molecular complexity index is 466. The minimum Gasteiger partial charge on any atom is -0.393 e. The molecule has 0 aliphatic carbocycles. The Kier molecular flexibility index (Phi) is 4.45. The van der Waals surface area contributed by atoms with E-state index >= 15 is 0 Å². The standard InChI is InChI=1S/C14H24N4O2/c1-11-9-15-13(16-12(11)17(2)3)18-7-4-5-14(20,10-19)6-8-18/h9,19-20H,4-8,10H2,1-3H3. The maximum Gasteiger partial charge on any atom is 0.227 e. The average Bonchev–Trinajstić information content (AvgIpc) is 2.62. The van der Waals surface area contributed by atoms with Gasteiger partial charge in [0.25, 0.3) is 0 Å². The molecular weight excluding hydrogens is 256 g/mol. The number of hydrogen-bond donors (Lipinski definition) is 2. The molecular formula is C14H24N4O2. The quantitative estimate of drug-likeness (QED) is 0.843. The van der Waals surface area contributed by atoms with Crippen LogP contribution in [0.3, 0.4) is 0 Å². The number of hydrogen-bond acceptors (Lipinski definition) is 6. The van der Waals surface area contributed by atoms with Crippen LogP contribution in [0.5, 0.6) is 0 Å². The molecule has 1 aromatic rings. The SMILES string of the molecule is Cc1cnc(N2CCCC(O)(CO)CC2)nc1N(C)C. The second kappa shape index (κ2) is 5.93. The highest BCUT2D eigenvalue weighted by Gasteiger charge is 2.30. The molecule has 0 amide bonds. The third-order valence-electron chi connectivity index (χ3n) is 3.85. The Morgan fingerprint density at radius 3 is 2.75 bits per heavy atom. The molecule has 0 radical (unpaired) electrons. The van der Waals surface area contributed by atoms with Gasteiger partial charge in [-0.1, -0.05) is 0 Å². The number of rotatable bonds is 3. The van der Waals surface area contributed by atoms with Gasteiger partial charge in [0.1, 0.15) is 5.82 Å². The van der Waals surface area contributed by atoms with Gasteiger partial charge >= 0.3 is 0 Å². The summed E-state index contributed by atoms with van der Waals surface area (Å²) in [5.74, 6) is 1.61. The predicted octanol–water partition coefficient (Wildman–Crippen LogP) is 0.565. The Hall–Kier alpha value is -1.40. The summed E-state index contributed by atoms with van der Waals surface area (Å²) >= 11 is 0. The maximum atomic E-state index is 10.2. The molecule has 20 heavy (non-hydrogen) atoms. The first-order chi connectivity index (χ1) is 9.45. The van der Waals surface area contributed by atoms with Crippen molar-refractivity contribution in [1.29, 1.82) is 0 Å². The number of anilines is 2. The lowest BCUT2D eigenvalue weighted by Gasteiger charge is -2.25. The fourth-order valence-corrected chi connectivity index (χ4v) is 2.57. The molecule has 112 valence electrons. The maximum absolute atomic E-state index is 10.2. The third kappa shape index (κ3) is 3.19. The van der Waals surface area contributed by atoms with Crippen molar-refractivity contribution >= 4 is 11.8 Å². The molecule has 1 fully saturated rings. The monoisotopic (exact) mass is 280 g/mol. The topological polar surface area (TPSA) is 72.7 Å². The van der Waals surface area contributed by atoms with Gasteiger partial charge in [-0.2, -0.15) is 4.98 Å². The van der Waals surface area contributed by atoms with Crippen molar-refractivity contribution in [2.75, 3.05) is 43.6 Å². The molecule has 1 aromatic heterocycles. The molecule has 1 atom stereocenters. The van der Waals surface area contributed by atoms with Crippen molar-refractivity contribution in [3.8, 4) is 0 Å². The zero-order chi connectivity index (χ0) is 14.8. The zero-order valence-electron chi connectivity index (χ0n) is 12.5. The van der Waals surface area contributed by atoms with E-state index in [4.69, 9.17) is 0 Å². The van der Waals surface area contributed by atoms with Crippen molar-refractivity contribution in [2.45, 2.75) is 31.8 Å². The van der Waals surface area contributed by atoms with Crippen LogP contribution in [0.2, 0.25) is 0 Å². The summed E-state index contributed by atoms with van der Waals surface area (Å²) in [5.41, 5.74) is 0.0875. The van der Waals surface area contributed by atoms with Crippen LogP contribution >= 0.6 is 0 Å². The van der Waals surface area contributed by atoms with Crippen LogP contribution in [0.25, 0.3) is 0 Å². The highest BCUT2D eigenvalue weighted by Crippen LogP contribution is 2.25. The summed E-state index contributed by atoms with van der Waals surface area (Å²) < 4.78 is 0. The number of aryl methyl sites for hydroxylation is 1. The van der Waals surface area contributed by atoms with Crippen molar-refractivity contribution in [2.24, 2.45) is 0 Å². The van der Waals surface area contributed by atoms with Crippen LogP contribution in [-0.4, -0.2) is 59.6 Å². The fourth-order valence-electron chi connectivity index (χ4n) is 2.57. The van der Waals surface area contributed by atoms with Crippen LogP contribution in [0, 0.1) is 6.92 Å². The van der Waals surface area contributed by atoms with E-state index in [0.717, 1.165) is 24.3 Å². The number of nitrogens with zero attached hydrogens (tertiary/aromatic N) is 4. The molecule has 0 bridgehead atoms. The van der Waals surface area contributed by atoms with Crippen LogP contribution in [0.15, 0.2) is 6.20 Å². The summed E-state index contributed by atoms with van der Waals surface area (Å²) in [6, 6.07) is 0. The summed E-state index contributed by atoms with van der Waals surface area (Å²) in [7, 11) is 3.93. The van der Waals surface area contributed by atoms with Gasteiger partial charge in [0.15, 0.2) is 0 Å². The van der Waals surface area contributed by atoms with Crippen molar-refractivity contribution in [3.63, 3.8) is 0 Å². The molecule has 1 aliphatic rings. The lowest BCUT2D eigenvalue weighted by molar-refractivity contribution is -0.0232. The Labute approximate surface area is 120 Å². The van der Waals surface area contributed by atoms with E-state index in [1.54, 1.807) is 0 Å². The van der Waals surface area contributed by atoms with E-state index < -0.39 is 5.60 Å². The van der Waals surface area contributed by atoms with Gasteiger partial charge in [0.05, 0.1) is 12.2 Å². The third-order valence-corrected chi connectivity index (χ3v) is 3.85. The second-order valence-electron chi connectivity index (χ2n) is 5.79. The van der Waals surface area contributed by atoms with E-state index in [1.807, 2.05) is 32.1 Å². The lowest BCUT2D eigenvalue weighted by Crippen LogP contribution is -2.35. The van der Waals surface area contributed by atoms with Crippen molar-refractivity contribution in [3.05, 3.63) is 11.8 Å². The minimum absolute atomic E-state index is 0.182. The van der Waals surface area contributed by atoms with E-state index in [9.17, 15) is 10.2 Å². The molecule has 0 aromatic carbocycles. The van der Waals surface area contributed by atoms with Crippen molar-refractivity contribution in [1.82, 2.24) is 9.97 Å². The summed E-state index contributed by atoms with van der Waals surface area (Å²) in [4.78, 5) is 13.1. The van der Waals surface area contributed by atoms with Gasteiger partial charge in [0, 0.05) is 38.9 Å². The summed E-state index contributed by atoms with van der Waals surface area (Å²) in [6.07, 6.45) is 3.82. The average molecular weight is 280 g/mol. The van der Waals surface area contributed by atoms with Gasteiger partial charge in [-0.05, 0) is 26.2 Å². The largest absolute Gasteiger partial charge is 0.393 e. The molecule has 1 unspecified atom stereocenters. The highest BCUT2D eigenvalue weighted by molar-refractivity contribution is 5.48. The molecule has 0 spiro atoms. The molecule has 6 heteroatoms. The molecule has 2 rings (SSSR count). The molecule has 0 saturated carbocycles. The summed E-state index contributed by atoms with van der Waals surface area (Å²) in [5, 5.41) is 19.5. The smallest absolute Gasteiger partial charge is 0.227 e. The van der Waals surface area contributed by atoms with Gasteiger partial charge in [0.2, 0.25) is 5.95 Å². The lowest BCUT2D eigenvalue weighted by atomic mass is 9.96. The first kappa shape index (κ1) is 15.0. The van der Waals surface area contributed by atoms with Crippen LogP contribution in [0.1, 0.15) is 24.8 Å². The zero-order valence-corrected chi connectivity index (χ0v) is 12.5. The predicted molar refractivity (Wildman–Crippen MR) is 79.2 cm³/mol. The number of aromatic nitrogens is 2. The van der Waals surface area contributed by atoms with Crippen LogP contribution in [-0.2, 0) is 0 Å². The molecule has 1 saturated heterocycles. The van der Waals surface area contributed by atoms with Gasteiger partial charge < -0.3 is 20.0 Å². The van der Waals surface area contributed by atoms with Crippen molar-refractivity contribution < 1.29 is 10.2 Å². The van der Waals surface area contributed by atoms with Crippen LogP contribution in [0.4, 0.5) is 11.8 Å². The first-order valence-corrected chi connectivity index (χ1v) is 7.04. The highest BCUT2D eigenvalue weighted by atomic mass is 16.3. The minimum atomic E-state index is -0.955. The Balaban J connectivity index is 2.18. The normalized spacial score (nSPS) is 23.6. The van der Waals surface area contributed by atoms with Gasteiger partial charge in [-0.25, -0.2) is 4.98 Å². The van der Waals surface area contributed by atoms with E-state index in [1.165, 1.54) is 0 Å². The van der Waals surface area contributed by atoms with E-state index in [2.05, 4.69) is 14.9 Å². The summed E-state index contributed by atoms with van der Waals surface area (Å²) in [6.45, 7) is 3.27. The number of aliphatic hydroxyl groups excluding tert-OH is 1. The van der Waals surface area contributed by atoms with E-state index in [-0.39, 0.29) is 6.61 Å². The number of aliphatic hydroxyl groups is 2. The Morgan fingerprint density at radius 1 is 1.35 bits per heavy atom. The second-order valence-corrected chi connectivity index (χ2v) is 5.79. The Morgan fingerprint density at radius 2 is 2.10 bits per heavy atom. The molecule has 2 heterocycles. The molecule has 1 aliphatic heterocycles. The van der Waals surface area contributed by atoms with Crippen LogP contribution < -0.4 is 9.80 Å². The van der Waals surface area contributed by atoms with Gasteiger partial charge in [-0.3, -0.25) is 0 Å². The van der Waals surface area contributed by atoms with Gasteiger partial charge in [-0.15, -0.1) is 0 Å².